The van der Waals surface area contributed by atoms with Gasteiger partial charge in [-0.3, -0.25) is 19.1 Å². The number of carbonyl (C=O) groups is 2. The molecule has 0 radical (unpaired) electrons. The van der Waals surface area contributed by atoms with Gasteiger partial charge in [0.25, 0.3) is 11.8 Å². The summed E-state index contributed by atoms with van der Waals surface area (Å²) in [5.41, 5.74) is 2.72. The summed E-state index contributed by atoms with van der Waals surface area (Å²) >= 11 is 0. The smallest absolute Gasteiger partial charge is 0.254 e. The first-order chi connectivity index (χ1) is 30.2. The molecule has 8 rings (SSSR count). The summed E-state index contributed by atoms with van der Waals surface area (Å²) in [5.74, 6) is -1.93. The van der Waals surface area contributed by atoms with Gasteiger partial charge in [-0.15, -0.1) is 0 Å². The van der Waals surface area contributed by atoms with Gasteiger partial charge < -0.3 is 15.4 Å². The van der Waals surface area contributed by atoms with E-state index in [1.165, 1.54) is 54.9 Å². The van der Waals surface area contributed by atoms with Crippen molar-refractivity contribution in [2.24, 2.45) is 5.92 Å². The Balaban J connectivity index is 0.000000190. The molecule has 0 bridgehead atoms. The van der Waals surface area contributed by atoms with Gasteiger partial charge in [0.2, 0.25) is 25.5 Å². The quantitative estimate of drug-likeness (QED) is 0.113. The molecular weight excluding hydrogens is 855 g/mol. The van der Waals surface area contributed by atoms with E-state index in [1.54, 1.807) is 65.6 Å². The van der Waals surface area contributed by atoms with Gasteiger partial charge >= 0.3 is 0 Å². The molecule has 0 fully saturated rings. The number of nitrogens with zero attached hydrogens (tertiary/aromatic N) is 5. The molecule has 63 heavy (non-hydrogen) atoms. The Morgan fingerprint density at radius 1 is 0.730 bits per heavy atom. The maximum Gasteiger partial charge on any atom is 0.254 e. The number of H-pyrrole nitrogens is 1. The second kappa shape index (κ2) is 18.7. The van der Waals surface area contributed by atoms with Crippen LogP contribution in [-0.2, 0) is 32.8 Å². The number of fused-ring (bicyclic) bond motifs is 2. The molecule has 0 aliphatic carbocycles. The summed E-state index contributed by atoms with van der Waals surface area (Å²) in [4.78, 5) is 36.4. The van der Waals surface area contributed by atoms with Gasteiger partial charge in [-0.05, 0) is 77.7 Å². The van der Waals surface area contributed by atoms with Gasteiger partial charge in [-0.2, -0.15) is 5.10 Å². The Morgan fingerprint density at radius 2 is 1.37 bits per heavy atom. The van der Waals surface area contributed by atoms with Crippen molar-refractivity contribution < 1.29 is 39.9 Å². The van der Waals surface area contributed by atoms with Crippen LogP contribution >= 0.6 is 0 Å². The Kier molecular flexibility index (Phi) is 13.0. The number of nitrogens with one attached hydrogen (secondary N) is 3. The average Bonchev–Trinajstić information content (AvgIpc) is 3.98. The van der Waals surface area contributed by atoms with Gasteiger partial charge in [-0.25, -0.2) is 40.6 Å². The highest BCUT2D eigenvalue weighted by molar-refractivity contribution is 7.91. The van der Waals surface area contributed by atoms with Gasteiger partial charge in [0.15, 0.2) is 17.3 Å². The monoisotopic (exact) mass is 892 g/mol. The van der Waals surface area contributed by atoms with Crippen LogP contribution in [-0.4, -0.2) is 64.8 Å². The molecular formula is C44H38F2N8O7S2. The van der Waals surface area contributed by atoms with Crippen LogP contribution in [0.15, 0.2) is 154 Å². The van der Waals surface area contributed by atoms with E-state index in [1.807, 2.05) is 13.8 Å². The summed E-state index contributed by atoms with van der Waals surface area (Å²) in [6.45, 7) is 4.95. The maximum absolute atomic E-state index is 13.9. The molecule has 2 amide bonds. The van der Waals surface area contributed by atoms with E-state index < -0.39 is 36.2 Å². The first-order valence-electron chi connectivity index (χ1n) is 19.2. The number of rotatable bonds is 13. The summed E-state index contributed by atoms with van der Waals surface area (Å²) in [7, 11) is -7.91. The zero-order valence-electron chi connectivity index (χ0n) is 33.6. The Morgan fingerprint density at radius 3 is 2.05 bits per heavy atom. The van der Waals surface area contributed by atoms with Crippen molar-refractivity contribution in [2.45, 2.75) is 46.5 Å². The van der Waals surface area contributed by atoms with Crippen molar-refractivity contribution >= 4 is 48.3 Å². The van der Waals surface area contributed by atoms with Crippen LogP contribution < -0.4 is 15.4 Å². The molecule has 4 heterocycles. The highest BCUT2D eigenvalue weighted by atomic mass is 32.2. The van der Waals surface area contributed by atoms with Crippen LogP contribution in [0.3, 0.4) is 0 Å². The highest BCUT2D eigenvalue weighted by Crippen LogP contribution is 2.26. The molecule has 322 valence electrons. The molecule has 0 atom stereocenters. The second-order valence-electron chi connectivity index (χ2n) is 14.4. The predicted octanol–water partition coefficient (Wildman–Crippen LogP) is 6.53. The first kappa shape index (κ1) is 43.7. The number of imidazole rings is 1. The lowest BCUT2D eigenvalue weighted by Crippen LogP contribution is -2.23. The predicted molar refractivity (Wildman–Crippen MR) is 226 cm³/mol. The van der Waals surface area contributed by atoms with Gasteiger partial charge in [0, 0.05) is 49.5 Å². The minimum absolute atomic E-state index is 0.136. The number of amides is 2. The Labute approximate surface area is 360 Å². The van der Waals surface area contributed by atoms with Crippen molar-refractivity contribution in [1.29, 1.82) is 0 Å². The normalized spacial score (nSPS) is 11.6. The van der Waals surface area contributed by atoms with E-state index >= 15 is 0 Å². The number of sulfone groups is 2. The van der Waals surface area contributed by atoms with Gasteiger partial charge in [0.05, 0.1) is 38.6 Å². The van der Waals surface area contributed by atoms with Crippen LogP contribution in [0, 0.1) is 17.6 Å². The second-order valence-corrected chi connectivity index (χ2v) is 18.3. The third kappa shape index (κ3) is 10.2. The van der Waals surface area contributed by atoms with Crippen LogP contribution in [0.1, 0.15) is 45.7 Å². The number of carbonyl (C=O) groups excluding carboxylic acids is 2. The van der Waals surface area contributed by atoms with Crippen LogP contribution in [0.2, 0.25) is 0 Å². The van der Waals surface area contributed by atoms with Crippen LogP contribution in [0.5, 0.6) is 5.75 Å². The molecule has 0 aliphatic rings. The van der Waals surface area contributed by atoms with Crippen molar-refractivity contribution in [3.05, 3.63) is 168 Å². The van der Waals surface area contributed by atoms with E-state index in [4.69, 9.17) is 4.74 Å². The van der Waals surface area contributed by atoms with E-state index in [0.717, 1.165) is 23.8 Å². The fourth-order valence-electron chi connectivity index (χ4n) is 5.98. The lowest BCUT2D eigenvalue weighted by atomic mass is 10.2. The Bertz CT molecular complexity index is 3160. The van der Waals surface area contributed by atoms with Crippen LogP contribution in [0.25, 0.3) is 16.8 Å². The summed E-state index contributed by atoms with van der Waals surface area (Å²) in [6, 6.07) is 23.1. The summed E-state index contributed by atoms with van der Waals surface area (Å²) in [5, 5.41) is 12.8. The molecule has 15 nitrogen and oxygen atoms in total. The number of hydrogen-bond acceptors (Lipinski definition) is 11. The van der Waals surface area contributed by atoms with Crippen molar-refractivity contribution in [3.63, 3.8) is 0 Å². The molecule has 0 unspecified atom stereocenters. The Hall–Kier alpha value is -7.38. The van der Waals surface area contributed by atoms with E-state index in [2.05, 4.69) is 35.8 Å². The molecule has 0 saturated carbocycles. The molecule has 0 saturated heterocycles. The first-order valence-corrected chi connectivity index (χ1v) is 22.1. The van der Waals surface area contributed by atoms with E-state index in [9.17, 15) is 35.2 Å². The minimum Gasteiger partial charge on any atom is -0.493 e. The average molecular weight is 893 g/mol. The van der Waals surface area contributed by atoms with Crippen molar-refractivity contribution in [2.75, 3.05) is 6.61 Å². The van der Waals surface area contributed by atoms with E-state index in [0.29, 0.717) is 51.8 Å². The number of aromatic amines is 1. The number of halogens is 2. The van der Waals surface area contributed by atoms with Crippen LogP contribution in [0.4, 0.5) is 8.78 Å². The molecule has 3 N–H and O–H groups in total. The lowest BCUT2D eigenvalue weighted by molar-refractivity contribution is 0.0942. The molecule has 19 heteroatoms. The maximum atomic E-state index is 13.9. The fourth-order valence-corrected chi connectivity index (χ4v) is 8.62. The third-order valence-electron chi connectivity index (χ3n) is 9.34. The fraction of sp³-hybridized carbons (Fsp3) is 0.136. The van der Waals surface area contributed by atoms with E-state index in [-0.39, 0.29) is 39.6 Å². The van der Waals surface area contributed by atoms with Gasteiger partial charge in [0.1, 0.15) is 10.6 Å². The minimum atomic E-state index is -4.22. The zero-order valence-corrected chi connectivity index (χ0v) is 35.2. The molecule has 4 aromatic carbocycles. The largest absolute Gasteiger partial charge is 0.493 e. The zero-order chi connectivity index (χ0) is 44.7. The lowest BCUT2D eigenvalue weighted by Gasteiger charge is -2.11. The number of pyridine rings is 1. The number of ether oxygens (including phenoxy) is 1. The topological polar surface area (TPSA) is 207 Å². The highest BCUT2D eigenvalue weighted by Gasteiger charge is 2.24. The SMILES string of the molecule is CC(C)COc1cccc(S(=O)(=O)c2ccc(CNC(=O)c3cnc4nccn4c3)cc2)c1.O=C(NCc1ccc(S(=O)(=O)c2cccc(F)c2F)cc1)c1cnc2[nH]ncc2c1. The van der Waals surface area contributed by atoms with Crippen molar-refractivity contribution in [1.82, 2.24) is 40.2 Å². The molecule has 8 aromatic rings. The molecule has 0 aliphatic heterocycles. The number of aromatic nitrogens is 6. The summed E-state index contributed by atoms with van der Waals surface area (Å²) < 4.78 is 85.8. The third-order valence-corrected chi connectivity index (χ3v) is 12.9. The summed E-state index contributed by atoms with van der Waals surface area (Å²) in [6.07, 6.45) is 9.41. The van der Waals surface area contributed by atoms with Gasteiger partial charge in [-0.1, -0.05) is 50.2 Å². The standard InChI is InChI=1S/C24H24N4O4S.C20H14F2N4O3S/c1-17(2)16-32-20-4-3-5-22(12-20)33(30,31)21-8-6-18(7-9-21)13-26-23(29)19-14-27-24-25-10-11-28(24)15-19;21-16-2-1-3-17(18(16)22)30(28,29)15-6-4-12(5-7-15)9-24-20(27)14-8-13-11-25-26-19(13)23-10-14/h3-12,14-15,17H,13,16H2,1-2H3,(H,26,29);1-8,10-11H,9H2,(H,24,27)(H,23,25,26). The molecule has 4 aromatic heterocycles. The number of hydrogen-bond donors (Lipinski definition) is 3. The van der Waals surface area contributed by atoms with Crippen molar-refractivity contribution in [3.8, 4) is 5.75 Å². The molecule has 0 spiro atoms. The number of benzene rings is 4.